The van der Waals surface area contributed by atoms with Gasteiger partial charge in [-0.25, -0.2) is 8.42 Å². The van der Waals surface area contributed by atoms with Crippen molar-refractivity contribution in [1.29, 1.82) is 0 Å². The van der Waals surface area contributed by atoms with Crippen molar-refractivity contribution in [2.45, 2.75) is 55.3 Å². The van der Waals surface area contributed by atoms with Crippen LogP contribution in [0.25, 0.3) is 0 Å². The van der Waals surface area contributed by atoms with Gasteiger partial charge in [0, 0.05) is 11.4 Å². The van der Waals surface area contributed by atoms with Crippen molar-refractivity contribution in [1.82, 2.24) is 0 Å². The molecule has 0 aromatic heterocycles. The van der Waals surface area contributed by atoms with Crippen LogP contribution in [-0.2, 0) is 22.7 Å². The number of sulfone groups is 1. The van der Waals surface area contributed by atoms with Gasteiger partial charge in [-0.1, -0.05) is 65.1 Å². The zero-order valence-corrected chi connectivity index (χ0v) is 23.1. The molecule has 0 aliphatic heterocycles. The minimum atomic E-state index is -3.79. The van der Waals surface area contributed by atoms with Crippen LogP contribution in [0.2, 0.25) is 15.1 Å². The predicted octanol–water partition coefficient (Wildman–Crippen LogP) is 7.31. The summed E-state index contributed by atoms with van der Waals surface area (Å²) < 4.78 is 27.7. The largest absolute Gasteiger partial charge is 0.390 e. The molecule has 0 amide bonds. The highest BCUT2D eigenvalue weighted by Crippen LogP contribution is 2.44. The van der Waals surface area contributed by atoms with Crippen LogP contribution in [0.15, 0.2) is 65.6 Å². The Morgan fingerprint density at radius 3 is 2.31 bits per heavy atom. The van der Waals surface area contributed by atoms with Crippen LogP contribution in [0, 0.1) is 5.92 Å². The summed E-state index contributed by atoms with van der Waals surface area (Å²) in [4.78, 5) is 13.2. The molecule has 0 heterocycles. The third-order valence-corrected chi connectivity index (χ3v) is 9.48. The lowest BCUT2D eigenvalue weighted by molar-refractivity contribution is 0.0498. The normalized spacial score (nSPS) is 18.1. The summed E-state index contributed by atoms with van der Waals surface area (Å²) in [6, 6.07) is 16.7. The van der Waals surface area contributed by atoms with Crippen LogP contribution in [0.5, 0.6) is 0 Å². The topological polar surface area (TPSA) is 71.4 Å². The first-order valence-electron chi connectivity index (χ1n) is 11.7. The van der Waals surface area contributed by atoms with Crippen molar-refractivity contribution in [2.24, 2.45) is 5.92 Å². The van der Waals surface area contributed by atoms with E-state index in [1.807, 2.05) is 18.2 Å². The molecule has 0 saturated heterocycles. The lowest BCUT2D eigenvalue weighted by Crippen LogP contribution is -2.30. The van der Waals surface area contributed by atoms with E-state index >= 15 is 0 Å². The maximum atomic E-state index is 13.8. The average molecular weight is 566 g/mol. The number of carbonyl (C=O) groups is 1. The molecule has 1 aliphatic rings. The smallest absolute Gasteiger partial charge is 0.185 e. The molecule has 3 aromatic rings. The van der Waals surface area contributed by atoms with Gasteiger partial charge in [-0.2, -0.15) is 0 Å². The number of benzene rings is 3. The predicted molar refractivity (Wildman–Crippen MR) is 145 cm³/mol. The van der Waals surface area contributed by atoms with E-state index in [2.05, 4.69) is 0 Å². The second kappa shape index (κ2) is 10.5. The van der Waals surface area contributed by atoms with Crippen molar-refractivity contribution in [3.63, 3.8) is 0 Å². The molecule has 0 fully saturated rings. The first-order valence-corrected chi connectivity index (χ1v) is 14.3. The van der Waals surface area contributed by atoms with Gasteiger partial charge in [-0.15, -0.1) is 0 Å². The van der Waals surface area contributed by atoms with E-state index in [9.17, 15) is 18.3 Å². The molecular weight excluding hydrogens is 539 g/mol. The zero-order chi connectivity index (χ0) is 26.3. The summed E-state index contributed by atoms with van der Waals surface area (Å²) in [5.74, 6) is -0.263. The summed E-state index contributed by atoms with van der Waals surface area (Å²) in [6.45, 7) is 3.47. The average Bonchev–Trinajstić information content (AvgIpc) is 2.77. The van der Waals surface area contributed by atoms with Gasteiger partial charge in [0.05, 0.1) is 31.4 Å². The fourth-order valence-electron chi connectivity index (χ4n) is 5.07. The highest BCUT2D eigenvalue weighted by Gasteiger charge is 2.38. The Balaban J connectivity index is 1.74. The number of Topliss-reactive ketones (excluding diaryl/α,β-unsaturated/α-hetero) is 1. The number of carbonyl (C=O) groups excluding carboxylic acids is 1. The molecule has 3 aromatic carbocycles. The van der Waals surface area contributed by atoms with Crippen LogP contribution in [0.1, 0.15) is 59.0 Å². The Labute approximate surface area is 227 Å². The van der Waals surface area contributed by atoms with E-state index in [-0.39, 0.29) is 38.6 Å². The van der Waals surface area contributed by atoms with E-state index in [1.165, 1.54) is 6.07 Å². The number of fused-ring (bicyclic) bond motifs is 1. The quantitative estimate of drug-likeness (QED) is 0.305. The minimum absolute atomic E-state index is 0.0223. The Bertz CT molecular complexity index is 1390. The maximum Gasteiger partial charge on any atom is 0.185 e. The molecule has 1 unspecified atom stereocenters. The van der Waals surface area contributed by atoms with Crippen molar-refractivity contribution < 1.29 is 18.3 Å². The molecular formula is C28H27Cl3O4S. The van der Waals surface area contributed by atoms with Crippen molar-refractivity contribution in [3.05, 3.63) is 98.0 Å². The minimum Gasteiger partial charge on any atom is -0.390 e. The molecule has 190 valence electrons. The molecule has 0 spiro atoms. The Kier molecular flexibility index (Phi) is 7.89. The first kappa shape index (κ1) is 27.2. The lowest BCUT2D eigenvalue weighted by Gasteiger charge is -2.34. The molecule has 2 atom stereocenters. The summed E-state index contributed by atoms with van der Waals surface area (Å²) in [6.07, 6.45) is 1.51. The lowest BCUT2D eigenvalue weighted by atomic mass is 9.78. The van der Waals surface area contributed by atoms with Crippen LogP contribution in [0.4, 0.5) is 0 Å². The van der Waals surface area contributed by atoms with Crippen LogP contribution in [-0.4, -0.2) is 24.9 Å². The van der Waals surface area contributed by atoms with E-state index in [0.717, 1.165) is 5.56 Å². The summed E-state index contributed by atoms with van der Waals surface area (Å²) in [5, 5.41) is 10.5. The summed E-state index contributed by atoms with van der Waals surface area (Å²) in [7, 11) is -3.79. The molecule has 0 radical (unpaired) electrons. The van der Waals surface area contributed by atoms with Gasteiger partial charge in [0.25, 0.3) is 0 Å². The molecule has 1 aliphatic carbocycles. The standard InChI is InChI=1S/C28H27Cl3O4S/c1-28(2,33)16-18-11-19-10-9-17(13-25(32)27-23(30)7-4-8-24(27)31)12-22(19)26(14-18)36(34,35)21-6-3-5-20(29)15-21/h3-10,12,15,18,26,33H,11,13-14,16H2,1-2H3/t18-,26?/m1/s1. The number of halogens is 3. The zero-order valence-electron chi connectivity index (χ0n) is 20.0. The molecule has 4 rings (SSSR count). The maximum absolute atomic E-state index is 13.8. The van der Waals surface area contributed by atoms with Gasteiger partial charge >= 0.3 is 0 Å². The fraction of sp³-hybridized carbons (Fsp3) is 0.321. The second-order valence-electron chi connectivity index (χ2n) is 10.0. The first-order chi connectivity index (χ1) is 16.8. The monoisotopic (exact) mass is 564 g/mol. The molecule has 36 heavy (non-hydrogen) atoms. The Morgan fingerprint density at radius 1 is 1.00 bits per heavy atom. The van der Waals surface area contributed by atoms with Crippen molar-refractivity contribution in [3.8, 4) is 0 Å². The Morgan fingerprint density at radius 2 is 1.67 bits per heavy atom. The molecule has 0 saturated carbocycles. The number of aliphatic hydroxyl groups is 1. The van der Waals surface area contributed by atoms with Crippen LogP contribution >= 0.6 is 34.8 Å². The number of hydrogen-bond donors (Lipinski definition) is 1. The SMILES string of the molecule is CC(C)(O)C[C@@H]1Cc2ccc(CC(=O)c3c(Cl)cccc3Cl)cc2C(S(=O)(=O)c2cccc(Cl)c2)C1. The van der Waals surface area contributed by atoms with Gasteiger partial charge in [0.2, 0.25) is 0 Å². The van der Waals surface area contributed by atoms with Gasteiger partial charge in [-0.3, -0.25) is 4.79 Å². The molecule has 4 nitrogen and oxygen atoms in total. The third-order valence-electron chi connectivity index (χ3n) is 6.51. The number of ketones is 1. The third kappa shape index (κ3) is 5.98. The van der Waals surface area contributed by atoms with E-state index < -0.39 is 20.7 Å². The van der Waals surface area contributed by atoms with Crippen molar-refractivity contribution >= 4 is 50.4 Å². The van der Waals surface area contributed by atoms with Crippen LogP contribution < -0.4 is 0 Å². The van der Waals surface area contributed by atoms with Crippen molar-refractivity contribution in [2.75, 3.05) is 0 Å². The van der Waals surface area contributed by atoms with Gasteiger partial charge in [0.1, 0.15) is 0 Å². The van der Waals surface area contributed by atoms with E-state index in [4.69, 9.17) is 34.8 Å². The highest BCUT2D eigenvalue weighted by atomic mass is 35.5. The van der Waals surface area contributed by atoms with Gasteiger partial charge in [0.15, 0.2) is 15.6 Å². The molecule has 8 heteroatoms. The fourth-order valence-corrected chi connectivity index (χ4v) is 7.90. The second-order valence-corrected chi connectivity index (χ2v) is 13.4. The van der Waals surface area contributed by atoms with Gasteiger partial charge < -0.3 is 5.11 Å². The van der Waals surface area contributed by atoms with Crippen LogP contribution in [0.3, 0.4) is 0 Å². The molecule has 1 N–H and O–H groups in total. The van der Waals surface area contributed by atoms with E-state index in [1.54, 1.807) is 50.2 Å². The Hall–Kier alpha value is -1.89. The number of rotatable bonds is 7. The summed E-state index contributed by atoms with van der Waals surface area (Å²) >= 11 is 18.6. The van der Waals surface area contributed by atoms with Gasteiger partial charge in [-0.05, 0) is 86.1 Å². The highest BCUT2D eigenvalue weighted by molar-refractivity contribution is 7.91. The number of hydrogen-bond acceptors (Lipinski definition) is 4. The summed E-state index contributed by atoms with van der Waals surface area (Å²) in [5.41, 5.74) is 1.59. The van der Waals surface area contributed by atoms with E-state index in [0.29, 0.717) is 35.4 Å². The molecule has 0 bridgehead atoms.